The van der Waals surface area contributed by atoms with Crippen LogP contribution in [0.3, 0.4) is 0 Å². The highest BCUT2D eigenvalue weighted by Gasteiger charge is 2.49. The van der Waals surface area contributed by atoms with Crippen LogP contribution in [-0.2, 0) is 9.47 Å². The molecule has 0 unspecified atom stereocenters. The quantitative estimate of drug-likeness (QED) is 0.784. The number of carbonyl (C=O) groups is 1. The Morgan fingerprint density at radius 1 is 1.43 bits per heavy atom. The van der Waals surface area contributed by atoms with Gasteiger partial charge in [0, 0.05) is 25.4 Å². The number of benzene rings is 1. The van der Waals surface area contributed by atoms with Gasteiger partial charge in [-0.2, -0.15) is 0 Å². The monoisotopic (exact) mass is 317 g/mol. The Hall–Kier alpha value is -1.39. The fourth-order valence-corrected chi connectivity index (χ4v) is 3.74. The molecular weight excluding hydrogens is 290 g/mol. The lowest BCUT2D eigenvalue weighted by atomic mass is 9.79. The van der Waals surface area contributed by atoms with E-state index in [1.54, 1.807) is 0 Å². The van der Waals surface area contributed by atoms with E-state index < -0.39 is 0 Å². The molecule has 0 bridgehead atoms. The largest absolute Gasteiger partial charge is 0.382 e. The maximum Gasteiger partial charge on any atom is 0.254 e. The summed E-state index contributed by atoms with van der Waals surface area (Å²) in [6.07, 6.45) is 3.27. The lowest BCUT2D eigenvalue weighted by Gasteiger charge is -2.53. The van der Waals surface area contributed by atoms with Gasteiger partial charge in [-0.05, 0) is 51.2 Å². The highest BCUT2D eigenvalue weighted by Crippen LogP contribution is 2.38. The summed E-state index contributed by atoms with van der Waals surface area (Å²) in [6.45, 7) is 7.93. The zero-order chi connectivity index (χ0) is 16.3. The maximum atomic E-state index is 12.5. The van der Waals surface area contributed by atoms with Crippen LogP contribution in [0.4, 0.5) is 0 Å². The van der Waals surface area contributed by atoms with Crippen molar-refractivity contribution in [3.63, 3.8) is 0 Å². The average Bonchev–Trinajstić information content (AvgIpc) is 2.52. The zero-order valence-corrected chi connectivity index (χ0v) is 14.2. The van der Waals surface area contributed by atoms with E-state index in [-0.39, 0.29) is 11.5 Å². The first-order valence-electron chi connectivity index (χ1n) is 8.69. The number of ether oxygens (including phenoxy) is 2. The predicted molar refractivity (Wildman–Crippen MR) is 89.6 cm³/mol. The van der Waals surface area contributed by atoms with Crippen LogP contribution < -0.4 is 0 Å². The summed E-state index contributed by atoms with van der Waals surface area (Å²) in [4.78, 5) is 14.5. The molecule has 23 heavy (non-hydrogen) atoms. The fourth-order valence-electron chi connectivity index (χ4n) is 3.74. The van der Waals surface area contributed by atoms with Gasteiger partial charge in [-0.15, -0.1) is 0 Å². The van der Waals surface area contributed by atoms with E-state index in [2.05, 4.69) is 0 Å². The first kappa shape index (κ1) is 16.5. The van der Waals surface area contributed by atoms with Gasteiger partial charge in [0.2, 0.25) is 0 Å². The van der Waals surface area contributed by atoms with Gasteiger partial charge in [-0.1, -0.05) is 17.7 Å². The Balaban J connectivity index is 1.53. The Bertz CT molecular complexity index is 551. The molecule has 0 N–H and O–H groups in total. The minimum atomic E-state index is -0.103. The standard InChI is InChI=1S/C19H27NO3/c1-3-22-9-7-16-8-10-23-19(12-16)13-20(14-19)18(21)17-6-4-5-15(2)11-17/h4-6,11,16H,3,7-10,12-14H2,1-2H3/t16-/m1/s1. The molecule has 0 aromatic heterocycles. The van der Waals surface area contributed by atoms with Gasteiger partial charge in [0.25, 0.3) is 5.91 Å². The van der Waals surface area contributed by atoms with Crippen molar-refractivity contribution in [2.75, 3.05) is 32.9 Å². The first-order valence-corrected chi connectivity index (χ1v) is 8.69. The second-order valence-corrected chi connectivity index (χ2v) is 6.91. The van der Waals surface area contributed by atoms with Gasteiger partial charge in [0.15, 0.2) is 0 Å². The molecule has 2 saturated heterocycles. The van der Waals surface area contributed by atoms with E-state index in [0.29, 0.717) is 5.92 Å². The zero-order valence-electron chi connectivity index (χ0n) is 14.2. The highest BCUT2D eigenvalue weighted by atomic mass is 16.5. The van der Waals surface area contributed by atoms with Crippen LogP contribution >= 0.6 is 0 Å². The summed E-state index contributed by atoms with van der Waals surface area (Å²) in [5.41, 5.74) is 1.80. The number of carbonyl (C=O) groups excluding carboxylic acids is 1. The Labute approximate surface area is 138 Å². The van der Waals surface area contributed by atoms with Crippen LogP contribution in [0.1, 0.15) is 42.1 Å². The molecule has 3 rings (SSSR count). The molecule has 4 heteroatoms. The third kappa shape index (κ3) is 3.75. The highest BCUT2D eigenvalue weighted by molar-refractivity contribution is 5.95. The molecule has 1 amide bonds. The third-order valence-electron chi connectivity index (χ3n) is 4.98. The molecule has 1 atom stereocenters. The second kappa shape index (κ2) is 7.02. The number of hydrogen-bond donors (Lipinski definition) is 0. The van der Waals surface area contributed by atoms with E-state index >= 15 is 0 Å². The maximum absolute atomic E-state index is 12.5. The molecule has 1 spiro atoms. The topological polar surface area (TPSA) is 38.8 Å². The Kier molecular flexibility index (Phi) is 5.02. The van der Waals surface area contributed by atoms with E-state index in [1.165, 1.54) is 0 Å². The molecule has 0 aliphatic carbocycles. The van der Waals surface area contributed by atoms with Crippen LogP contribution in [-0.4, -0.2) is 49.3 Å². The minimum Gasteiger partial charge on any atom is -0.382 e. The van der Waals surface area contributed by atoms with Gasteiger partial charge in [-0.3, -0.25) is 4.79 Å². The SMILES string of the molecule is CCOCC[C@@H]1CCOC2(C1)CN(C(=O)c1cccc(C)c1)C2. The molecule has 1 aromatic carbocycles. The molecule has 2 aliphatic rings. The summed E-state index contributed by atoms with van der Waals surface area (Å²) >= 11 is 0. The predicted octanol–water partition coefficient (Wildman–Crippen LogP) is 3.04. The van der Waals surface area contributed by atoms with E-state index in [0.717, 1.165) is 63.3 Å². The van der Waals surface area contributed by atoms with Crippen LogP contribution in [0, 0.1) is 12.8 Å². The minimum absolute atomic E-state index is 0.103. The molecule has 0 saturated carbocycles. The normalized spacial score (nSPS) is 22.9. The van der Waals surface area contributed by atoms with Crippen molar-refractivity contribution in [2.24, 2.45) is 5.92 Å². The van der Waals surface area contributed by atoms with Gasteiger partial charge in [-0.25, -0.2) is 0 Å². The summed E-state index contributed by atoms with van der Waals surface area (Å²) < 4.78 is 11.5. The Morgan fingerprint density at radius 2 is 2.26 bits per heavy atom. The number of nitrogens with zero attached hydrogens (tertiary/aromatic N) is 1. The van der Waals surface area contributed by atoms with Crippen molar-refractivity contribution in [1.29, 1.82) is 0 Å². The number of likely N-dealkylation sites (tertiary alicyclic amines) is 1. The van der Waals surface area contributed by atoms with E-state index in [4.69, 9.17) is 9.47 Å². The van der Waals surface area contributed by atoms with Crippen molar-refractivity contribution in [3.8, 4) is 0 Å². The Morgan fingerprint density at radius 3 is 3.00 bits per heavy atom. The van der Waals surface area contributed by atoms with Crippen LogP contribution in [0.2, 0.25) is 0 Å². The van der Waals surface area contributed by atoms with Gasteiger partial charge in [0.1, 0.15) is 5.60 Å². The molecule has 4 nitrogen and oxygen atoms in total. The van der Waals surface area contributed by atoms with Crippen molar-refractivity contribution < 1.29 is 14.3 Å². The molecule has 2 aliphatic heterocycles. The number of hydrogen-bond acceptors (Lipinski definition) is 3. The second-order valence-electron chi connectivity index (χ2n) is 6.91. The van der Waals surface area contributed by atoms with Crippen LogP contribution in [0.15, 0.2) is 24.3 Å². The van der Waals surface area contributed by atoms with Crippen molar-refractivity contribution in [1.82, 2.24) is 4.90 Å². The van der Waals surface area contributed by atoms with Gasteiger partial charge < -0.3 is 14.4 Å². The lowest BCUT2D eigenvalue weighted by Crippen LogP contribution is -2.66. The summed E-state index contributed by atoms with van der Waals surface area (Å²) in [5.74, 6) is 0.783. The summed E-state index contributed by atoms with van der Waals surface area (Å²) in [7, 11) is 0. The average molecular weight is 317 g/mol. The molecule has 126 valence electrons. The fraction of sp³-hybridized carbons (Fsp3) is 0.632. The van der Waals surface area contributed by atoms with Crippen molar-refractivity contribution in [3.05, 3.63) is 35.4 Å². The third-order valence-corrected chi connectivity index (χ3v) is 4.98. The van der Waals surface area contributed by atoms with Crippen molar-refractivity contribution in [2.45, 2.75) is 38.7 Å². The smallest absolute Gasteiger partial charge is 0.254 e. The first-order chi connectivity index (χ1) is 11.1. The molecule has 2 heterocycles. The van der Waals surface area contributed by atoms with E-state index in [1.807, 2.05) is 43.0 Å². The van der Waals surface area contributed by atoms with Crippen LogP contribution in [0.5, 0.6) is 0 Å². The molecule has 1 aromatic rings. The lowest BCUT2D eigenvalue weighted by molar-refractivity contribution is -0.167. The summed E-state index contributed by atoms with van der Waals surface area (Å²) in [5, 5.41) is 0. The van der Waals surface area contributed by atoms with Gasteiger partial charge >= 0.3 is 0 Å². The molecular formula is C19H27NO3. The molecule has 0 radical (unpaired) electrons. The van der Waals surface area contributed by atoms with Crippen molar-refractivity contribution >= 4 is 5.91 Å². The summed E-state index contributed by atoms with van der Waals surface area (Å²) in [6, 6.07) is 7.81. The number of rotatable bonds is 5. The number of amides is 1. The van der Waals surface area contributed by atoms with Crippen LogP contribution in [0.25, 0.3) is 0 Å². The number of aryl methyl sites for hydroxylation is 1. The van der Waals surface area contributed by atoms with Gasteiger partial charge in [0.05, 0.1) is 13.1 Å². The van der Waals surface area contributed by atoms with E-state index in [9.17, 15) is 4.79 Å². The molecule has 2 fully saturated rings.